The van der Waals surface area contributed by atoms with Crippen molar-refractivity contribution in [2.45, 2.75) is 145 Å². The molecule has 0 amide bonds. The monoisotopic (exact) mass is 510 g/mol. The van der Waals surface area contributed by atoms with Gasteiger partial charge in [-0.25, -0.2) is 0 Å². The highest BCUT2D eigenvalue weighted by Crippen LogP contribution is 2.89. The van der Waals surface area contributed by atoms with E-state index in [4.69, 9.17) is 4.74 Å². The van der Waals surface area contributed by atoms with Crippen molar-refractivity contribution in [2.75, 3.05) is 0 Å². The largest absolute Gasteiger partial charge is 0.462 e. The van der Waals surface area contributed by atoms with E-state index in [-0.39, 0.29) is 22.9 Å². The Morgan fingerprint density at radius 2 is 1.59 bits per heavy atom. The van der Waals surface area contributed by atoms with E-state index in [0.29, 0.717) is 27.6 Å². The van der Waals surface area contributed by atoms with Crippen molar-refractivity contribution in [3.8, 4) is 0 Å². The maximum atomic E-state index is 11.9. The van der Waals surface area contributed by atoms with Crippen molar-refractivity contribution in [2.24, 2.45) is 56.2 Å². The van der Waals surface area contributed by atoms with E-state index in [2.05, 4.69) is 62.0 Å². The van der Waals surface area contributed by atoms with Gasteiger partial charge in [-0.1, -0.05) is 67.5 Å². The zero-order valence-electron chi connectivity index (χ0n) is 25.9. The Morgan fingerprint density at radius 3 is 2.24 bits per heavy atom. The summed E-state index contributed by atoms with van der Waals surface area (Å²) in [5.74, 6) is 3.18. The number of fused-ring (bicyclic) bond motifs is 2. The molecule has 5 fully saturated rings. The van der Waals surface area contributed by atoms with E-state index in [0.717, 1.165) is 30.6 Å². The Morgan fingerprint density at radius 1 is 0.946 bits per heavy atom. The number of esters is 1. The van der Waals surface area contributed by atoms with Gasteiger partial charge in [-0.05, 0) is 128 Å². The Balaban J connectivity index is 1.35. The molecular weight excluding hydrogens is 452 g/mol. The summed E-state index contributed by atoms with van der Waals surface area (Å²) >= 11 is 0. The zero-order chi connectivity index (χ0) is 27.2. The van der Waals surface area contributed by atoms with Gasteiger partial charge in [0.1, 0.15) is 6.10 Å². The molecule has 9 unspecified atom stereocenters. The average molecular weight is 511 g/mol. The summed E-state index contributed by atoms with van der Waals surface area (Å²) in [6.45, 7) is 26.0. The highest BCUT2D eigenvalue weighted by Gasteiger charge is 2.82. The second kappa shape index (κ2) is 8.60. The zero-order valence-corrected chi connectivity index (χ0v) is 25.9. The van der Waals surface area contributed by atoms with Gasteiger partial charge in [0.25, 0.3) is 0 Å². The summed E-state index contributed by atoms with van der Waals surface area (Å²) < 4.78 is 5.92. The van der Waals surface area contributed by atoms with E-state index in [1.54, 1.807) is 6.92 Å². The maximum Gasteiger partial charge on any atom is 0.302 e. The Labute approximate surface area is 229 Å². The van der Waals surface area contributed by atoms with Crippen LogP contribution < -0.4 is 0 Å². The van der Waals surface area contributed by atoms with Crippen LogP contribution >= 0.6 is 0 Å². The van der Waals surface area contributed by atoms with Crippen LogP contribution in [0.1, 0.15) is 139 Å². The first kappa shape index (κ1) is 27.8. The summed E-state index contributed by atoms with van der Waals surface area (Å²) in [4.78, 5) is 11.9. The fourth-order valence-corrected chi connectivity index (χ4v) is 12.1. The predicted octanol–water partition coefficient (Wildman–Crippen LogP) is 9.77. The first-order chi connectivity index (χ1) is 17.1. The molecule has 5 rings (SSSR count). The molecule has 0 bridgehead atoms. The SMILES string of the molecule is C=C(CC)C(C)(C)CCC(C)C1CCC2(C)C3CCC4C(C)(C)C(OC(C)=O)CCC45CC35CCC12C. The quantitative estimate of drug-likeness (QED) is 0.252. The van der Waals surface area contributed by atoms with Gasteiger partial charge in [-0.15, -0.1) is 0 Å². The molecule has 0 aromatic rings. The molecule has 5 saturated carbocycles. The van der Waals surface area contributed by atoms with Gasteiger partial charge >= 0.3 is 5.97 Å². The Kier molecular flexibility index (Phi) is 6.46. The summed E-state index contributed by atoms with van der Waals surface area (Å²) in [6, 6.07) is 0. The fraction of sp³-hybridized carbons (Fsp3) is 0.914. The molecule has 5 aliphatic rings. The molecule has 0 aromatic carbocycles. The third kappa shape index (κ3) is 3.65. The highest BCUT2D eigenvalue weighted by atomic mass is 16.5. The fourth-order valence-electron chi connectivity index (χ4n) is 12.1. The second-order valence-corrected chi connectivity index (χ2v) is 16.5. The molecule has 5 aliphatic carbocycles. The normalized spacial score (nSPS) is 46.6. The van der Waals surface area contributed by atoms with Crippen LogP contribution in [-0.4, -0.2) is 12.1 Å². The number of allylic oxidation sites excluding steroid dienone is 1. The van der Waals surface area contributed by atoms with Crippen molar-refractivity contribution in [1.29, 1.82) is 0 Å². The minimum absolute atomic E-state index is 0.0947. The standard InChI is InChI=1S/C35H58O2/c1-11-24(3)30(5,6)17-14-23(2)26-15-18-33(10)28-13-12-27-31(7,8)29(37-25(4)36)16-19-34(27)22-35(28,34)21-20-32(26,33)9/h23,26-29H,3,11-22H2,1-2,4-10H3. The number of rotatable bonds is 7. The van der Waals surface area contributed by atoms with Gasteiger partial charge in [0.05, 0.1) is 0 Å². The van der Waals surface area contributed by atoms with Gasteiger partial charge in [-0.3, -0.25) is 4.79 Å². The van der Waals surface area contributed by atoms with Crippen LogP contribution in [0.4, 0.5) is 0 Å². The summed E-state index contributed by atoms with van der Waals surface area (Å²) in [5, 5.41) is 0. The van der Waals surface area contributed by atoms with Gasteiger partial charge in [0.2, 0.25) is 0 Å². The van der Waals surface area contributed by atoms with E-state index >= 15 is 0 Å². The molecular formula is C35H58O2. The van der Waals surface area contributed by atoms with Gasteiger partial charge in [-0.2, -0.15) is 0 Å². The van der Waals surface area contributed by atoms with Crippen LogP contribution in [0.2, 0.25) is 0 Å². The number of hydrogen-bond donors (Lipinski definition) is 0. The first-order valence-electron chi connectivity index (χ1n) is 16.0. The van der Waals surface area contributed by atoms with E-state index in [9.17, 15) is 4.79 Å². The lowest BCUT2D eigenvalue weighted by atomic mass is 9.41. The van der Waals surface area contributed by atoms with Crippen LogP contribution in [-0.2, 0) is 9.53 Å². The third-order valence-corrected chi connectivity index (χ3v) is 14.7. The Hall–Kier alpha value is -0.790. The molecule has 0 heterocycles. The molecule has 0 aromatic heterocycles. The molecule has 2 heteroatoms. The molecule has 9 atom stereocenters. The lowest BCUT2D eigenvalue weighted by molar-refractivity contribution is -0.181. The molecule has 0 aliphatic heterocycles. The molecule has 37 heavy (non-hydrogen) atoms. The minimum atomic E-state index is -0.0947. The van der Waals surface area contributed by atoms with Crippen LogP contribution in [0.5, 0.6) is 0 Å². The first-order valence-corrected chi connectivity index (χ1v) is 16.0. The van der Waals surface area contributed by atoms with Crippen LogP contribution in [0.15, 0.2) is 12.2 Å². The maximum absolute atomic E-state index is 11.9. The summed E-state index contributed by atoms with van der Waals surface area (Å²) in [7, 11) is 0. The summed E-state index contributed by atoms with van der Waals surface area (Å²) in [6.07, 6.45) is 16.2. The van der Waals surface area contributed by atoms with Crippen LogP contribution in [0.25, 0.3) is 0 Å². The average Bonchev–Trinajstić information content (AvgIpc) is 3.41. The predicted molar refractivity (Wildman–Crippen MR) is 154 cm³/mol. The second-order valence-electron chi connectivity index (χ2n) is 16.5. The van der Waals surface area contributed by atoms with Crippen molar-refractivity contribution in [1.82, 2.24) is 0 Å². The van der Waals surface area contributed by atoms with Gasteiger partial charge in [0, 0.05) is 12.3 Å². The number of hydrogen-bond acceptors (Lipinski definition) is 2. The number of carbonyl (C=O) groups excluding carboxylic acids is 1. The van der Waals surface area contributed by atoms with Gasteiger partial charge < -0.3 is 4.74 Å². The van der Waals surface area contributed by atoms with Crippen molar-refractivity contribution in [3.63, 3.8) is 0 Å². The lowest BCUT2D eigenvalue weighted by Gasteiger charge is -2.63. The number of carbonyl (C=O) groups is 1. The van der Waals surface area contributed by atoms with Crippen LogP contribution in [0, 0.1) is 56.2 Å². The lowest BCUT2D eigenvalue weighted by Crippen LogP contribution is -2.58. The topological polar surface area (TPSA) is 26.3 Å². The molecule has 0 N–H and O–H groups in total. The molecule has 2 spiro atoms. The Bertz CT molecular complexity index is 945. The van der Waals surface area contributed by atoms with E-state index < -0.39 is 0 Å². The minimum Gasteiger partial charge on any atom is -0.462 e. The molecule has 0 saturated heterocycles. The number of ether oxygens (including phenoxy) is 1. The van der Waals surface area contributed by atoms with Crippen molar-refractivity contribution >= 4 is 5.97 Å². The molecule has 0 radical (unpaired) electrons. The molecule has 2 nitrogen and oxygen atoms in total. The van der Waals surface area contributed by atoms with Crippen molar-refractivity contribution in [3.05, 3.63) is 12.2 Å². The van der Waals surface area contributed by atoms with E-state index in [1.807, 2.05) is 0 Å². The smallest absolute Gasteiger partial charge is 0.302 e. The van der Waals surface area contributed by atoms with E-state index in [1.165, 1.54) is 69.8 Å². The molecule has 210 valence electrons. The summed E-state index contributed by atoms with van der Waals surface area (Å²) in [5.41, 5.74) is 3.84. The highest BCUT2D eigenvalue weighted by molar-refractivity contribution is 5.66. The van der Waals surface area contributed by atoms with Crippen LogP contribution in [0.3, 0.4) is 0 Å². The van der Waals surface area contributed by atoms with Crippen molar-refractivity contribution < 1.29 is 9.53 Å². The third-order valence-electron chi connectivity index (χ3n) is 14.7. The van der Waals surface area contributed by atoms with Gasteiger partial charge in [0.15, 0.2) is 0 Å².